The van der Waals surface area contributed by atoms with Crippen LogP contribution in [-0.2, 0) is 27.3 Å². The van der Waals surface area contributed by atoms with Gasteiger partial charge in [0.1, 0.15) is 23.1 Å². The number of nitrogens with zero attached hydrogens (tertiary/aromatic N) is 4. The van der Waals surface area contributed by atoms with Gasteiger partial charge in [-0.3, -0.25) is 19.4 Å². The van der Waals surface area contributed by atoms with Crippen LogP contribution in [0.15, 0.2) is 41.5 Å². The summed E-state index contributed by atoms with van der Waals surface area (Å²) < 4.78 is 58.2. The summed E-state index contributed by atoms with van der Waals surface area (Å²) in [6.07, 6.45) is -1.63. The normalized spacial score (nSPS) is 12.4. The molecule has 0 unspecified atom stereocenters. The minimum Gasteiger partial charge on any atom is -0.453 e. The van der Waals surface area contributed by atoms with E-state index in [1.165, 1.54) is 35.4 Å². The molecule has 16 heteroatoms. The first-order valence-corrected chi connectivity index (χ1v) is 12.6. The third kappa shape index (κ3) is 8.62. The number of alkyl halides is 3. The Labute approximate surface area is 236 Å². The molecule has 0 bridgehead atoms. The Kier molecular flexibility index (Phi) is 10.4. The third-order valence-corrected chi connectivity index (χ3v) is 5.96. The molecule has 12 nitrogen and oxygen atoms in total. The average Bonchev–Trinajstić information content (AvgIpc) is 3.36. The van der Waals surface area contributed by atoms with Gasteiger partial charge in [0.2, 0.25) is 11.8 Å². The summed E-state index contributed by atoms with van der Waals surface area (Å²) in [6.45, 7) is -0.232. The van der Waals surface area contributed by atoms with Gasteiger partial charge in [-0.05, 0) is 31.1 Å². The zero-order valence-electron chi connectivity index (χ0n) is 22.9. The second-order valence-electron chi connectivity index (χ2n) is 9.32. The molecule has 0 aliphatic heterocycles. The zero-order valence-corrected chi connectivity index (χ0v) is 22.9. The highest BCUT2D eigenvalue weighted by Gasteiger charge is 2.28. The number of ether oxygens (including phenoxy) is 1. The van der Waals surface area contributed by atoms with E-state index in [-0.39, 0.29) is 53.5 Å². The molecule has 226 valence electrons. The highest BCUT2D eigenvalue weighted by molar-refractivity contribution is 5.96. The number of allylic oxidation sites excluding steroid dienone is 1. The number of methoxy groups -OCH3 is 1. The van der Waals surface area contributed by atoms with Crippen molar-refractivity contribution in [1.29, 1.82) is 0 Å². The molecule has 0 aromatic carbocycles. The predicted octanol–water partition coefficient (Wildman–Crippen LogP) is 2.89. The highest BCUT2D eigenvalue weighted by atomic mass is 19.4. The van der Waals surface area contributed by atoms with Crippen molar-refractivity contribution in [2.45, 2.75) is 44.4 Å². The summed E-state index contributed by atoms with van der Waals surface area (Å²) in [5.41, 5.74) is -1.07. The van der Waals surface area contributed by atoms with E-state index in [2.05, 4.69) is 30.3 Å². The lowest BCUT2D eigenvalue weighted by Gasteiger charge is -2.17. The van der Waals surface area contributed by atoms with Crippen LogP contribution in [0.3, 0.4) is 0 Å². The third-order valence-electron chi connectivity index (χ3n) is 5.96. The van der Waals surface area contributed by atoms with E-state index in [1.807, 2.05) is 0 Å². The van der Waals surface area contributed by atoms with E-state index in [0.29, 0.717) is 0 Å². The SMILES string of the molecule is COC(=O)N[C@@H](CC/C=C/C(=O)N(C)C)C(=O)Nc1cccn(Cc2nc3c(F)cnc(CCC(F)(F)F)c3[nH]2)c1=O. The fourth-order valence-corrected chi connectivity index (χ4v) is 3.79. The number of fused-ring (bicyclic) bond motifs is 1. The number of H-pyrrole nitrogens is 1. The second kappa shape index (κ2) is 13.7. The molecule has 0 saturated carbocycles. The largest absolute Gasteiger partial charge is 0.453 e. The van der Waals surface area contributed by atoms with Crippen LogP contribution in [0, 0.1) is 5.82 Å². The van der Waals surface area contributed by atoms with Gasteiger partial charge in [0.25, 0.3) is 5.56 Å². The number of nitrogens with one attached hydrogen (secondary N) is 3. The molecular weight excluding hydrogens is 566 g/mol. The number of rotatable bonds is 11. The lowest BCUT2D eigenvalue weighted by atomic mass is 10.1. The molecule has 3 amide bonds. The lowest BCUT2D eigenvalue weighted by Crippen LogP contribution is -2.44. The fraction of sp³-hybridized carbons (Fsp3) is 0.385. The maximum Gasteiger partial charge on any atom is 0.407 e. The van der Waals surface area contributed by atoms with Crippen molar-refractivity contribution in [3.8, 4) is 0 Å². The fourth-order valence-electron chi connectivity index (χ4n) is 3.79. The smallest absolute Gasteiger partial charge is 0.407 e. The summed E-state index contributed by atoms with van der Waals surface area (Å²) in [4.78, 5) is 61.5. The number of pyridine rings is 2. The van der Waals surface area contributed by atoms with Crippen molar-refractivity contribution >= 4 is 34.6 Å². The molecule has 0 fully saturated rings. The van der Waals surface area contributed by atoms with Crippen molar-refractivity contribution in [2.75, 3.05) is 26.5 Å². The number of halogens is 4. The number of likely N-dealkylation sites (N-methyl/N-ethyl adjacent to an activating group) is 1. The average molecular weight is 596 g/mol. The number of hydrogen-bond donors (Lipinski definition) is 3. The quantitative estimate of drug-likeness (QED) is 0.228. The van der Waals surface area contributed by atoms with Crippen LogP contribution in [0.4, 0.5) is 28.0 Å². The Bertz CT molecular complexity index is 1530. The van der Waals surface area contributed by atoms with Crippen molar-refractivity contribution in [2.24, 2.45) is 0 Å². The van der Waals surface area contributed by atoms with Gasteiger partial charge in [0.05, 0.1) is 31.1 Å². The number of aryl methyl sites for hydroxylation is 1. The molecule has 1 atom stereocenters. The number of aromatic nitrogens is 4. The maximum absolute atomic E-state index is 14.3. The minimum absolute atomic E-state index is 0.00943. The Hall–Kier alpha value is -4.76. The molecule has 3 aromatic heterocycles. The van der Waals surface area contributed by atoms with E-state index >= 15 is 0 Å². The van der Waals surface area contributed by atoms with E-state index in [9.17, 15) is 36.7 Å². The summed E-state index contributed by atoms with van der Waals surface area (Å²) in [5, 5.41) is 4.84. The molecule has 42 heavy (non-hydrogen) atoms. The summed E-state index contributed by atoms with van der Waals surface area (Å²) >= 11 is 0. The number of amides is 3. The number of alkyl carbamates (subject to hydrolysis) is 1. The van der Waals surface area contributed by atoms with Crippen LogP contribution >= 0.6 is 0 Å². The van der Waals surface area contributed by atoms with Crippen molar-refractivity contribution in [1.82, 2.24) is 29.7 Å². The molecule has 3 aromatic rings. The highest BCUT2D eigenvalue weighted by Crippen LogP contribution is 2.25. The van der Waals surface area contributed by atoms with Gasteiger partial charge in [-0.25, -0.2) is 14.2 Å². The van der Waals surface area contributed by atoms with Crippen molar-refractivity contribution < 1.29 is 36.7 Å². The first-order chi connectivity index (χ1) is 19.8. The van der Waals surface area contributed by atoms with Crippen LogP contribution in [-0.4, -0.2) is 75.7 Å². The van der Waals surface area contributed by atoms with Crippen LogP contribution in [0.2, 0.25) is 0 Å². The predicted molar refractivity (Wildman–Crippen MR) is 143 cm³/mol. The number of carbonyl (C=O) groups excluding carboxylic acids is 3. The van der Waals surface area contributed by atoms with E-state index < -0.39 is 48.4 Å². The van der Waals surface area contributed by atoms with Crippen LogP contribution in [0.5, 0.6) is 0 Å². The first kappa shape index (κ1) is 31.8. The minimum atomic E-state index is -4.43. The standard InChI is InChI=1S/C26H29F4N7O5/c1-36(2)20(38)9-5-4-7-17(33-25(41)42-3)23(39)32-18-8-6-12-37(24(18)40)14-19-34-21-15(27)13-31-16(22(21)35-19)10-11-26(28,29)30/h5-6,8-9,12-13,17H,4,7,10-11,14H2,1-3H3,(H,32,39)(H,33,41)(H,34,35)/b9-5+/t17-/m0/s1. The Balaban J connectivity index is 1.78. The van der Waals surface area contributed by atoms with Gasteiger partial charge in [-0.15, -0.1) is 0 Å². The Morgan fingerprint density at radius 1 is 1.26 bits per heavy atom. The lowest BCUT2D eigenvalue weighted by molar-refractivity contribution is -0.134. The molecule has 3 rings (SSSR count). The van der Waals surface area contributed by atoms with Crippen LogP contribution < -0.4 is 16.2 Å². The summed E-state index contributed by atoms with van der Waals surface area (Å²) in [5.74, 6) is -1.77. The number of imidazole rings is 1. The molecule has 0 saturated heterocycles. The van der Waals surface area contributed by atoms with E-state index in [0.717, 1.165) is 17.9 Å². The van der Waals surface area contributed by atoms with Crippen molar-refractivity contribution in [3.63, 3.8) is 0 Å². The van der Waals surface area contributed by atoms with Gasteiger partial charge >= 0.3 is 12.3 Å². The van der Waals surface area contributed by atoms with Crippen molar-refractivity contribution in [3.05, 3.63) is 64.4 Å². The van der Waals surface area contributed by atoms with Gasteiger partial charge in [0, 0.05) is 33.1 Å². The Morgan fingerprint density at radius 2 is 2.00 bits per heavy atom. The Morgan fingerprint density at radius 3 is 2.67 bits per heavy atom. The molecule has 0 aliphatic carbocycles. The van der Waals surface area contributed by atoms with Gasteiger partial charge in [0.15, 0.2) is 5.82 Å². The summed E-state index contributed by atoms with van der Waals surface area (Å²) in [7, 11) is 4.27. The van der Waals surface area contributed by atoms with Crippen LogP contribution in [0.25, 0.3) is 11.0 Å². The number of carbonyl (C=O) groups is 3. The molecule has 0 radical (unpaired) electrons. The zero-order chi connectivity index (χ0) is 31.0. The molecule has 3 heterocycles. The second-order valence-corrected chi connectivity index (χ2v) is 9.32. The first-order valence-electron chi connectivity index (χ1n) is 12.6. The van der Waals surface area contributed by atoms with Gasteiger partial charge in [-0.2, -0.15) is 13.2 Å². The summed E-state index contributed by atoms with van der Waals surface area (Å²) in [6, 6.07) is 1.67. The topological polar surface area (TPSA) is 151 Å². The number of anilines is 1. The van der Waals surface area contributed by atoms with E-state index in [1.54, 1.807) is 14.1 Å². The van der Waals surface area contributed by atoms with E-state index in [4.69, 9.17) is 0 Å². The number of aromatic amines is 1. The molecule has 0 aliphatic rings. The van der Waals surface area contributed by atoms with Gasteiger partial charge < -0.3 is 29.8 Å². The molecular formula is C26H29F4N7O5. The maximum atomic E-state index is 14.3. The molecule has 0 spiro atoms. The monoisotopic (exact) mass is 595 g/mol. The van der Waals surface area contributed by atoms with Crippen LogP contribution in [0.1, 0.15) is 30.8 Å². The number of hydrogen-bond acceptors (Lipinski definition) is 7. The molecule has 3 N–H and O–H groups in total. The van der Waals surface area contributed by atoms with Gasteiger partial charge in [-0.1, -0.05) is 6.08 Å².